The van der Waals surface area contributed by atoms with Gasteiger partial charge in [0.15, 0.2) is 0 Å². The molecule has 5 nitrogen and oxygen atoms in total. The minimum absolute atomic E-state index is 0.244. The number of carbonyl (C=O) groups excluding carboxylic acids is 1. The van der Waals surface area contributed by atoms with Crippen LogP contribution in [0.3, 0.4) is 0 Å². The summed E-state index contributed by atoms with van der Waals surface area (Å²) in [5, 5.41) is 3.06. The molecule has 0 bridgehead atoms. The molecule has 1 saturated heterocycles. The summed E-state index contributed by atoms with van der Waals surface area (Å²) in [6.07, 6.45) is -2.21. The van der Waals surface area contributed by atoms with Crippen molar-refractivity contribution >= 4 is 5.91 Å². The molecular weight excluding hydrogens is 285 g/mol. The van der Waals surface area contributed by atoms with Gasteiger partial charge in [-0.25, -0.2) is 0 Å². The first kappa shape index (κ1) is 16.5. The highest BCUT2D eigenvalue weighted by molar-refractivity contribution is 5.86. The van der Waals surface area contributed by atoms with Gasteiger partial charge in [0.05, 0.1) is 6.54 Å². The molecule has 1 heterocycles. The van der Waals surface area contributed by atoms with E-state index in [0.717, 1.165) is 12.8 Å². The Balaban J connectivity index is 1.88. The van der Waals surface area contributed by atoms with Crippen LogP contribution < -0.4 is 11.1 Å². The van der Waals surface area contributed by atoms with Crippen molar-refractivity contribution in [3.8, 4) is 0 Å². The molecule has 0 radical (unpaired) electrons. The third-order valence-corrected chi connectivity index (χ3v) is 4.50. The molecule has 0 aromatic carbocycles. The van der Waals surface area contributed by atoms with Crippen LogP contribution in [0.4, 0.5) is 13.2 Å². The lowest BCUT2D eigenvalue weighted by molar-refractivity contribution is -0.149. The molecule has 21 heavy (non-hydrogen) atoms. The second-order valence-corrected chi connectivity index (χ2v) is 6.03. The highest BCUT2D eigenvalue weighted by Gasteiger charge is 2.49. The molecule has 8 heteroatoms. The number of likely N-dealkylation sites (N-methyl/N-ethyl adjacent to an activating group) is 1. The van der Waals surface area contributed by atoms with Crippen molar-refractivity contribution in [2.24, 2.45) is 11.7 Å². The molecule has 1 amide bonds. The summed E-state index contributed by atoms with van der Waals surface area (Å²) in [6.45, 7) is 1.39. The summed E-state index contributed by atoms with van der Waals surface area (Å²) < 4.78 is 37.1. The first-order chi connectivity index (χ1) is 9.77. The summed E-state index contributed by atoms with van der Waals surface area (Å²) >= 11 is 0. The maximum absolute atomic E-state index is 12.4. The molecule has 1 atom stereocenters. The van der Waals surface area contributed by atoms with Crippen LogP contribution in [0.1, 0.15) is 12.8 Å². The van der Waals surface area contributed by atoms with Crippen LogP contribution in [0.2, 0.25) is 0 Å². The molecule has 1 saturated carbocycles. The van der Waals surface area contributed by atoms with Gasteiger partial charge in [-0.3, -0.25) is 14.6 Å². The molecule has 1 unspecified atom stereocenters. The lowest BCUT2D eigenvalue weighted by Gasteiger charge is -2.40. The second-order valence-electron chi connectivity index (χ2n) is 6.03. The summed E-state index contributed by atoms with van der Waals surface area (Å²) in [5.74, 6) is -0.126. The SMILES string of the molecule is CNC(CN1CCN(CC(F)(F)F)CC1)(C(N)=O)C1CC1. The van der Waals surface area contributed by atoms with Gasteiger partial charge < -0.3 is 11.1 Å². The van der Waals surface area contributed by atoms with Gasteiger partial charge >= 0.3 is 6.18 Å². The average Bonchev–Trinajstić information content (AvgIpc) is 3.20. The monoisotopic (exact) mass is 308 g/mol. The van der Waals surface area contributed by atoms with E-state index in [0.29, 0.717) is 32.7 Å². The first-order valence-electron chi connectivity index (χ1n) is 7.27. The van der Waals surface area contributed by atoms with Crippen LogP contribution >= 0.6 is 0 Å². The number of halogens is 3. The number of amides is 1. The van der Waals surface area contributed by atoms with Gasteiger partial charge in [0.1, 0.15) is 5.54 Å². The van der Waals surface area contributed by atoms with E-state index in [9.17, 15) is 18.0 Å². The van der Waals surface area contributed by atoms with Crippen LogP contribution in [0.25, 0.3) is 0 Å². The molecule has 2 rings (SSSR count). The average molecular weight is 308 g/mol. The number of alkyl halides is 3. The van der Waals surface area contributed by atoms with Crippen LogP contribution in [0, 0.1) is 5.92 Å². The second kappa shape index (κ2) is 6.10. The third kappa shape index (κ3) is 4.08. The van der Waals surface area contributed by atoms with E-state index >= 15 is 0 Å². The van der Waals surface area contributed by atoms with E-state index in [2.05, 4.69) is 5.32 Å². The molecule has 3 N–H and O–H groups in total. The lowest BCUT2D eigenvalue weighted by Crippen LogP contribution is -2.64. The first-order valence-corrected chi connectivity index (χ1v) is 7.27. The van der Waals surface area contributed by atoms with Gasteiger partial charge in [-0.2, -0.15) is 13.2 Å². The van der Waals surface area contributed by atoms with Crippen molar-refractivity contribution in [3.05, 3.63) is 0 Å². The number of piperazine rings is 1. The Bertz CT molecular complexity index is 378. The number of primary amides is 1. The highest BCUT2D eigenvalue weighted by Crippen LogP contribution is 2.40. The van der Waals surface area contributed by atoms with Crippen molar-refractivity contribution in [1.29, 1.82) is 0 Å². The minimum atomic E-state index is -4.15. The molecule has 0 aromatic rings. The van der Waals surface area contributed by atoms with E-state index in [1.54, 1.807) is 7.05 Å². The maximum atomic E-state index is 12.4. The number of carbonyl (C=O) groups is 1. The molecule has 1 aliphatic carbocycles. The molecule has 122 valence electrons. The Morgan fingerprint density at radius 1 is 1.14 bits per heavy atom. The lowest BCUT2D eigenvalue weighted by atomic mass is 9.91. The number of nitrogens with one attached hydrogen (secondary N) is 1. The Morgan fingerprint density at radius 2 is 1.62 bits per heavy atom. The summed E-state index contributed by atoms with van der Waals surface area (Å²) in [7, 11) is 1.73. The fourth-order valence-corrected chi connectivity index (χ4v) is 3.10. The topological polar surface area (TPSA) is 61.6 Å². The van der Waals surface area contributed by atoms with Crippen LogP contribution in [0.5, 0.6) is 0 Å². The highest BCUT2D eigenvalue weighted by atomic mass is 19.4. The fourth-order valence-electron chi connectivity index (χ4n) is 3.10. The van der Waals surface area contributed by atoms with Gasteiger partial charge in [0.2, 0.25) is 5.91 Å². The summed E-state index contributed by atoms with van der Waals surface area (Å²) in [4.78, 5) is 15.3. The zero-order valence-corrected chi connectivity index (χ0v) is 12.2. The Labute approximate surface area is 122 Å². The number of rotatable bonds is 6. The number of nitrogens with two attached hydrogens (primary N) is 1. The van der Waals surface area contributed by atoms with Crippen LogP contribution in [-0.2, 0) is 4.79 Å². The summed E-state index contributed by atoms with van der Waals surface area (Å²) in [6, 6.07) is 0. The van der Waals surface area contributed by atoms with Crippen LogP contribution in [-0.4, -0.2) is 73.7 Å². The molecule has 2 fully saturated rings. The minimum Gasteiger partial charge on any atom is -0.368 e. The number of hydrogen-bond donors (Lipinski definition) is 2. The van der Waals surface area contributed by atoms with E-state index in [1.165, 1.54) is 4.90 Å². The van der Waals surface area contributed by atoms with Crippen molar-refractivity contribution in [2.45, 2.75) is 24.6 Å². The molecule has 1 aliphatic heterocycles. The fraction of sp³-hybridized carbons (Fsp3) is 0.923. The Kier molecular flexibility index (Phi) is 4.79. The molecular formula is C13H23F3N4O. The van der Waals surface area contributed by atoms with E-state index in [1.807, 2.05) is 4.90 Å². The maximum Gasteiger partial charge on any atom is 0.401 e. The normalized spacial score (nSPS) is 24.8. The quantitative estimate of drug-likeness (QED) is 0.726. The number of hydrogen-bond acceptors (Lipinski definition) is 4. The smallest absolute Gasteiger partial charge is 0.368 e. The van der Waals surface area contributed by atoms with Crippen molar-refractivity contribution in [1.82, 2.24) is 15.1 Å². The predicted molar refractivity (Wildman–Crippen MR) is 72.6 cm³/mol. The molecule has 0 spiro atoms. The van der Waals surface area contributed by atoms with Crippen LogP contribution in [0.15, 0.2) is 0 Å². The molecule has 0 aromatic heterocycles. The molecule has 2 aliphatic rings. The zero-order valence-electron chi connectivity index (χ0n) is 12.2. The van der Waals surface area contributed by atoms with E-state index in [4.69, 9.17) is 5.73 Å². The van der Waals surface area contributed by atoms with Crippen molar-refractivity contribution in [2.75, 3.05) is 46.3 Å². The van der Waals surface area contributed by atoms with Crippen molar-refractivity contribution in [3.63, 3.8) is 0 Å². The third-order valence-electron chi connectivity index (χ3n) is 4.50. The Morgan fingerprint density at radius 3 is 1.95 bits per heavy atom. The van der Waals surface area contributed by atoms with E-state index < -0.39 is 18.3 Å². The van der Waals surface area contributed by atoms with Gasteiger partial charge in [-0.15, -0.1) is 0 Å². The van der Waals surface area contributed by atoms with Gasteiger partial charge in [0.25, 0.3) is 0 Å². The summed E-state index contributed by atoms with van der Waals surface area (Å²) in [5.41, 5.74) is 4.82. The van der Waals surface area contributed by atoms with E-state index in [-0.39, 0.29) is 11.8 Å². The van der Waals surface area contributed by atoms with Gasteiger partial charge in [0, 0.05) is 32.7 Å². The Hall–Kier alpha value is -0.860. The van der Waals surface area contributed by atoms with Gasteiger partial charge in [-0.05, 0) is 25.8 Å². The largest absolute Gasteiger partial charge is 0.401 e. The van der Waals surface area contributed by atoms with Gasteiger partial charge in [-0.1, -0.05) is 0 Å². The van der Waals surface area contributed by atoms with Crippen molar-refractivity contribution < 1.29 is 18.0 Å². The standard InChI is InChI=1S/C13H23F3N4O/c1-18-12(11(17)21,10-2-3-10)8-19-4-6-20(7-5-19)9-13(14,15)16/h10,18H,2-9H2,1H3,(H2,17,21). The zero-order chi connectivity index (χ0) is 15.7. The predicted octanol–water partition coefficient (Wildman–Crippen LogP) is 0.0198. The number of nitrogens with zero attached hydrogens (tertiary/aromatic N) is 2.